The third kappa shape index (κ3) is 3.73. The molecule has 0 spiro atoms. The average Bonchev–Trinajstić information content (AvgIpc) is 2.80. The zero-order chi connectivity index (χ0) is 20.3. The molecule has 5 rings (SSSR count). The van der Waals surface area contributed by atoms with E-state index in [1.807, 2.05) is 36.4 Å². The molecule has 1 fully saturated rings. The van der Waals surface area contributed by atoms with Crippen LogP contribution in [0.5, 0.6) is 0 Å². The number of nitrogens with zero attached hydrogens (tertiary/aromatic N) is 4. The summed E-state index contributed by atoms with van der Waals surface area (Å²) in [4.78, 5) is 26.9. The van der Waals surface area contributed by atoms with Gasteiger partial charge in [0.15, 0.2) is 5.78 Å². The van der Waals surface area contributed by atoms with E-state index in [1.54, 1.807) is 0 Å². The lowest BCUT2D eigenvalue weighted by Gasteiger charge is -2.36. The number of hydrogen-bond acceptors (Lipinski definition) is 6. The second-order valence-electron chi connectivity index (χ2n) is 7.77. The average molecular weight is 399 g/mol. The van der Waals surface area contributed by atoms with E-state index in [9.17, 15) is 4.79 Å². The van der Waals surface area contributed by atoms with Crippen molar-refractivity contribution in [3.8, 4) is 0 Å². The maximum Gasteiger partial charge on any atom is 0.227 e. The number of aromatic nitrogens is 2. The molecule has 152 valence electrons. The van der Waals surface area contributed by atoms with Gasteiger partial charge in [0.25, 0.3) is 0 Å². The van der Waals surface area contributed by atoms with Gasteiger partial charge in [0.2, 0.25) is 5.95 Å². The predicted molar refractivity (Wildman–Crippen MR) is 120 cm³/mol. The van der Waals surface area contributed by atoms with Crippen molar-refractivity contribution in [3.63, 3.8) is 0 Å². The normalized spacial score (nSPS) is 16.3. The number of carbonyl (C=O) groups excluding carboxylic acids is 1. The van der Waals surface area contributed by atoms with Gasteiger partial charge in [-0.2, -0.15) is 4.98 Å². The first-order valence-electron chi connectivity index (χ1n) is 10.6. The zero-order valence-electron chi connectivity index (χ0n) is 16.9. The van der Waals surface area contributed by atoms with Gasteiger partial charge in [-0.1, -0.05) is 36.4 Å². The number of rotatable bonds is 4. The molecule has 0 unspecified atom stereocenters. The number of anilines is 4. The SMILES string of the molecule is O=C1CCCc2nc(N3CCN(c4ccccc4)CC3)nc(Nc3ccccc3)c21. The van der Waals surface area contributed by atoms with Crippen molar-refractivity contribution in [1.29, 1.82) is 0 Å². The molecule has 1 aliphatic heterocycles. The Morgan fingerprint density at radius 1 is 0.767 bits per heavy atom. The Hall–Kier alpha value is -3.41. The quantitative estimate of drug-likeness (QED) is 0.714. The van der Waals surface area contributed by atoms with Crippen molar-refractivity contribution in [2.24, 2.45) is 0 Å². The molecular weight excluding hydrogens is 374 g/mol. The zero-order valence-corrected chi connectivity index (χ0v) is 16.9. The van der Waals surface area contributed by atoms with Crippen LogP contribution in [0.4, 0.5) is 23.1 Å². The monoisotopic (exact) mass is 399 g/mol. The van der Waals surface area contributed by atoms with Gasteiger partial charge in [-0.25, -0.2) is 4.98 Å². The maximum absolute atomic E-state index is 12.6. The summed E-state index contributed by atoms with van der Waals surface area (Å²) in [6, 6.07) is 20.4. The molecule has 0 atom stereocenters. The molecule has 2 heterocycles. The summed E-state index contributed by atoms with van der Waals surface area (Å²) in [7, 11) is 0. The van der Waals surface area contributed by atoms with Crippen LogP contribution < -0.4 is 15.1 Å². The lowest BCUT2D eigenvalue weighted by Crippen LogP contribution is -2.47. The predicted octanol–water partition coefficient (Wildman–Crippen LogP) is 4.07. The second-order valence-corrected chi connectivity index (χ2v) is 7.77. The third-order valence-electron chi connectivity index (χ3n) is 5.79. The Morgan fingerprint density at radius 3 is 2.17 bits per heavy atom. The van der Waals surface area contributed by atoms with Crippen molar-refractivity contribution >= 4 is 28.9 Å². The highest BCUT2D eigenvalue weighted by molar-refractivity contribution is 6.03. The Morgan fingerprint density at radius 2 is 1.43 bits per heavy atom. The molecule has 6 heteroatoms. The first-order chi connectivity index (χ1) is 14.8. The van der Waals surface area contributed by atoms with E-state index >= 15 is 0 Å². The van der Waals surface area contributed by atoms with Crippen LogP contribution in [0.3, 0.4) is 0 Å². The van der Waals surface area contributed by atoms with Gasteiger partial charge in [0.1, 0.15) is 5.82 Å². The molecule has 0 radical (unpaired) electrons. The summed E-state index contributed by atoms with van der Waals surface area (Å²) in [5.74, 6) is 1.49. The fourth-order valence-electron chi connectivity index (χ4n) is 4.20. The van der Waals surface area contributed by atoms with Gasteiger partial charge in [0, 0.05) is 44.0 Å². The van der Waals surface area contributed by atoms with Crippen molar-refractivity contribution in [2.45, 2.75) is 19.3 Å². The smallest absolute Gasteiger partial charge is 0.227 e. The Bertz CT molecular complexity index is 1030. The van der Waals surface area contributed by atoms with E-state index in [0.717, 1.165) is 56.4 Å². The van der Waals surface area contributed by atoms with Crippen LogP contribution in [0.1, 0.15) is 28.9 Å². The lowest BCUT2D eigenvalue weighted by atomic mass is 9.95. The summed E-state index contributed by atoms with van der Waals surface area (Å²) < 4.78 is 0. The van der Waals surface area contributed by atoms with Gasteiger partial charge in [0.05, 0.1) is 11.3 Å². The van der Waals surface area contributed by atoms with Crippen molar-refractivity contribution in [3.05, 3.63) is 71.9 Å². The first kappa shape index (κ1) is 18.6. The van der Waals surface area contributed by atoms with Crippen molar-refractivity contribution < 1.29 is 4.79 Å². The molecule has 6 nitrogen and oxygen atoms in total. The molecule has 30 heavy (non-hydrogen) atoms. The summed E-state index contributed by atoms with van der Waals surface area (Å²) in [5.41, 5.74) is 3.72. The largest absolute Gasteiger partial charge is 0.368 e. The van der Waals surface area contributed by atoms with Crippen LogP contribution in [-0.4, -0.2) is 41.9 Å². The molecule has 1 saturated heterocycles. The van der Waals surface area contributed by atoms with Crippen LogP contribution in [0, 0.1) is 0 Å². The number of nitrogens with one attached hydrogen (secondary N) is 1. The Labute approximate surface area is 176 Å². The fourth-order valence-corrected chi connectivity index (χ4v) is 4.20. The Kier molecular flexibility index (Phi) is 5.05. The van der Waals surface area contributed by atoms with Crippen LogP contribution in [0.15, 0.2) is 60.7 Å². The molecule has 1 N–H and O–H groups in total. The molecule has 0 bridgehead atoms. The van der Waals surface area contributed by atoms with E-state index < -0.39 is 0 Å². The third-order valence-corrected chi connectivity index (χ3v) is 5.79. The summed E-state index contributed by atoms with van der Waals surface area (Å²) >= 11 is 0. The maximum atomic E-state index is 12.6. The first-order valence-corrected chi connectivity index (χ1v) is 10.6. The summed E-state index contributed by atoms with van der Waals surface area (Å²) in [5, 5.41) is 3.37. The molecule has 2 aliphatic rings. The van der Waals surface area contributed by atoms with Crippen LogP contribution in [0.2, 0.25) is 0 Å². The fraction of sp³-hybridized carbons (Fsp3) is 0.292. The molecule has 3 aromatic rings. The molecule has 0 amide bonds. The van der Waals surface area contributed by atoms with E-state index in [-0.39, 0.29) is 5.78 Å². The van der Waals surface area contributed by atoms with E-state index in [1.165, 1.54) is 5.69 Å². The lowest BCUT2D eigenvalue weighted by molar-refractivity contribution is 0.0972. The number of para-hydroxylation sites is 2. The topological polar surface area (TPSA) is 61.4 Å². The number of Topliss-reactive ketones (excluding diaryl/α,β-unsaturated/α-hetero) is 1. The standard InChI is InChI=1S/C24H25N5O/c30-21-13-7-12-20-22(21)23(25-18-8-3-1-4-9-18)27-24(26-20)29-16-14-28(15-17-29)19-10-5-2-6-11-19/h1-6,8-11H,7,12-17H2,(H,25,26,27). The van der Waals surface area contributed by atoms with Gasteiger partial charge >= 0.3 is 0 Å². The van der Waals surface area contributed by atoms with Crippen molar-refractivity contribution in [1.82, 2.24) is 9.97 Å². The molecule has 1 aromatic heterocycles. The number of fused-ring (bicyclic) bond motifs is 1. The van der Waals surface area contributed by atoms with E-state index in [0.29, 0.717) is 17.8 Å². The molecule has 0 saturated carbocycles. The minimum absolute atomic E-state index is 0.134. The number of ketones is 1. The highest BCUT2D eigenvalue weighted by Gasteiger charge is 2.27. The minimum Gasteiger partial charge on any atom is -0.368 e. The van der Waals surface area contributed by atoms with Gasteiger partial charge < -0.3 is 15.1 Å². The highest BCUT2D eigenvalue weighted by Crippen LogP contribution is 2.30. The van der Waals surface area contributed by atoms with Crippen LogP contribution in [-0.2, 0) is 6.42 Å². The van der Waals surface area contributed by atoms with Gasteiger partial charge in [-0.15, -0.1) is 0 Å². The molecule has 2 aromatic carbocycles. The van der Waals surface area contributed by atoms with E-state index in [4.69, 9.17) is 9.97 Å². The number of aryl methyl sites for hydroxylation is 1. The van der Waals surface area contributed by atoms with E-state index in [2.05, 4.69) is 39.4 Å². The highest BCUT2D eigenvalue weighted by atomic mass is 16.1. The second kappa shape index (κ2) is 8.14. The number of piperazine rings is 1. The minimum atomic E-state index is 0.134. The van der Waals surface area contributed by atoms with Gasteiger partial charge in [-0.3, -0.25) is 4.79 Å². The summed E-state index contributed by atoms with van der Waals surface area (Å²) in [6.07, 6.45) is 2.24. The van der Waals surface area contributed by atoms with Crippen molar-refractivity contribution in [2.75, 3.05) is 41.3 Å². The summed E-state index contributed by atoms with van der Waals surface area (Å²) in [6.45, 7) is 3.55. The molecular formula is C24H25N5O. The van der Waals surface area contributed by atoms with Crippen LogP contribution in [0.25, 0.3) is 0 Å². The van der Waals surface area contributed by atoms with Crippen LogP contribution >= 0.6 is 0 Å². The molecule has 1 aliphatic carbocycles. The Balaban J connectivity index is 1.42. The number of carbonyl (C=O) groups is 1. The number of benzene rings is 2. The van der Waals surface area contributed by atoms with Gasteiger partial charge in [-0.05, 0) is 37.1 Å². The number of hydrogen-bond donors (Lipinski definition) is 1.